The van der Waals surface area contributed by atoms with Crippen molar-refractivity contribution in [3.05, 3.63) is 0 Å². The van der Waals surface area contributed by atoms with Gasteiger partial charge in [0.1, 0.15) is 0 Å². The fraction of sp³-hybridized carbons (Fsp3) is 1.00. The summed E-state index contributed by atoms with van der Waals surface area (Å²) in [5, 5.41) is 0. The zero-order valence-corrected chi connectivity index (χ0v) is 7.47. The molecule has 0 aromatic carbocycles. The molecular weight excluding hydrogens is 138 g/mol. The highest BCUT2D eigenvalue weighted by molar-refractivity contribution is 5.00. The molecule has 2 heteroatoms. The number of hydrogen-bond donors (Lipinski definition) is 0. The summed E-state index contributed by atoms with van der Waals surface area (Å²) >= 11 is 0. The molecule has 64 valence electrons. The van der Waals surface area contributed by atoms with E-state index in [1.807, 2.05) is 7.11 Å². The lowest BCUT2D eigenvalue weighted by Crippen LogP contribution is -2.34. The third-order valence-electron chi connectivity index (χ3n) is 3.33. The molecule has 0 N–H and O–H groups in total. The SMILES string of the molecule is COC1CN2CCCC2(C)C1. The van der Waals surface area contributed by atoms with Crippen molar-refractivity contribution < 1.29 is 4.74 Å². The van der Waals surface area contributed by atoms with Crippen molar-refractivity contribution >= 4 is 0 Å². The summed E-state index contributed by atoms with van der Waals surface area (Å²) in [5.41, 5.74) is 0.487. The number of ether oxygens (including phenoxy) is 1. The van der Waals surface area contributed by atoms with Crippen LogP contribution >= 0.6 is 0 Å². The molecule has 2 aliphatic rings. The normalized spacial score (nSPS) is 44.7. The van der Waals surface area contributed by atoms with Gasteiger partial charge in [0.05, 0.1) is 6.10 Å². The van der Waals surface area contributed by atoms with Gasteiger partial charge < -0.3 is 4.74 Å². The van der Waals surface area contributed by atoms with Crippen molar-refractivity contribution in [2.45, 2.75) is 37.8 Å². The van der Waals surface area contributed by atoms with Crippen LogP contribution in [0.4, 0.5) is 0 Å². The van der Waals surface area contributed by atoms with Gasteiger partial charge in [0.2, 0.25) is 0 Å². The molecule has 0 saturated carbocycles. The lowest BCUT2D eigenvalue weighted by Gasteiger charge is -2.26. The predicted octanol–water partition coefficient (Wildman–Crippen LogP) is 1.26. The average Bonchev–Trinajstić information content (AvgIpc) is 2.42. The van der Waals surface area contributed by atoms with E-state index in [1.165, 1.54) is 25.8 Å². The van der Waals surface area contributed by atoms with E-state index in [2.05, 4.69) is 11.8 Å². The summed E-state index contributed by atoms with van der Waals surface area (Å²) in [6, 6.07) is 0. The van der Waals surface area contributed by atoms with Crippen LogP contribution in [0.3, 0.4) is 0 Å². The Morgan fingerprint density at radius 1 is 1.55 bits per heavy atom. The van der Waals surface area contributed by atoms with E-state index in [4.69, 9.17) is 4.74 Å². The maximum absolute atomic E-state index is 5.37. The molecule has 2 unspecified atom stereocenters. The predicted molar refractivity (Wildman–Crippen MR) is 44.6 cm³/mol. The van der Waals surface area contributed by atoms with Crippen molar-refractivity contribution in [2.75, 3.05) is 20.2 Å². The van der Waals surface area contributed by atoms with Crippen molar-refractivity contribution in [2.24, 2.45) is 0 Å². The Labute approximate surface area is 68.5 Å². The fourth-order valence-electron chi connectivity index (χ4n) is 2.58. The minimum absolute atomic E-state index is 0.487. The second-order valence-corrected chi connectivity index (χ2v) is 4.11. The van der Waals surface area contributed by atoms with Crippen molar-refractivity contribution in [3.63, 3.8) is 0 Å². The van der Waals surface area contributed by atoms with Crippen LogP contribution in [0.25, 0.3) is 0 Å². The van der Waals surface area contributed by atoms with E-state index < -0.39 is 0 Å². The van der Waals surface area contributed by atoms with Gasteiger partial charge >= 0.3 is 0 Å². The molecule has 2 rings (SSSR count). The van der Waals surface area contributed by atoms with E-state index in [1.54, 1.807) is 0 Å². The molecule has 2 aliphatic heterocycles. The highest BCUT2D eigenvalue weighted by atomic mass is 16.5. The van der Waals surface area contributed by atoms with Crippen LogP contribution in [0.15, 0.2) is 0 Å². The summed E-state index contributed by atoms with van der Waals surface area (Å²) < 4.78 is 5.37. The first-order valence-corrected chi connectivity index (χ1v) is 4.52. The van der Waals surface area contributed by atoms with Crippen LogP contribution in [0.2, 0.25) is 0 Å². The van der Waals surface area contributed by atoms with E-state index in [0.29, 0.717) is 11.6 Å². The first-order chi connectivity index (χ1) is 5.24. The van der Waals surface area contributed by atoms with Gasteiger partial charge in [-0.15, -0.1) is 0 Å². The van der Waals surface area contributed by atoms with Crippen molar-refractivity contribution in [3.8, 4) is 0 Å². The molecule has 2 heterocycles. The molecule has 0 aromatic heterocycles. The minimum Gasteiger partial charge on any atom is -0.380 e. The topological polar surface area (TPSA) is 12.5 Å². The van der Waals surface area contributed by atoms with E-state index in [0.717, 1.165) is 6.54 Å². The second-order valence-electron chi connectivity index (χ2n) is 4.11. The molecule has 2 nitrogen and oxygen atoms in total. The molecule has 0 aliphatic carbocycles. The third-order valence-corrected chi connectivity index (χ3v) is 3.33. The lowest BCUT2D eigenvalue weighted by atomic mass is 9.96. The largest absolute Gasteiger partial charge is 0.380 e. The Bertz CT molecular complexity index is 160. The number of nitrogens with zero attached hydrogens (tertiary/aromatic N) is 1. The van der Waals surface area contributed by atoms with E-state index in [9.17, 15) is 0 Å². The number of hydrogen-bond acceptors (Lipinski definition) is 2. The van der Waals surface area contributed by atoms with Crippen LogP contribution < -0.4 is 0 Å². The van der Waals surface area contributed by atoms with Crippen LogP contribution in [0, 0.1) is 0 Å². The Hall–Kier alpha value is -0.0800. The van der Waals surface area contributed by atoms with Gasteiger partial charge in [0.25, 0.3) is 0 Å². The molecule has 2 fully saturated rings. The van der Waals surface area contributed by atoms with Gasteiger partial charge in [-0.05, 0) is 32.7 Å². The van der Waals surface area contributed by atoms with Gasteiger partial charge in [-0.1, -0.05) is 0 Å². The summed E-state index contributed by atoms with van der Waals surface area (Å²) in [7, 11) is 1.83. The smallest absolute Gasteiger partial charge is 0.0715 e. The number of methoxy groups -OCH3 is 1. The molecule has 0 spiro atoms. The zero-order chi connectivity index (χ0) is 7.90. The molecule has 11 heavy (non-hydrogen) atoms. The lowest BCUT2D eigenvalue weighted by molar-refractivity contribution is 0.107. The number of rotatable bonds is 1. The van der Waals surface area contributed by atoms with Crippen LogP contribution in [0.5, 0.6) is 0 Å². The first kappa shape index (κ1) is 7.56. The maximum atomic E-state index is 5.37. The van der Waals surface area contributed by atoms with Crippen LogP contribution in [0.1, 0.15) is 26.2 Å². The van der Waals surface area contributed by atoms with E-state index in [-0.39, 0.29) is 0 Å². The second kappa shape index (κ2) is 2.46. The van der Waals surface area contributed by atoms with Gasteiger partial charge in [0.15, 0.2) is 0 Å². The highest BCUT2D eigenvalue weighted by Gasteiger charge is 2.44. The van der Waals surface area contributed by atoms with Gasteiger partial charge in [-0.25, -0.2) is 0 Å². The Morgan fingerprint density at radius 2 is 2.36 bits per heavy atom. The highest BCUT2D eigenvalue weighted by Crippen LogP contribution is 2.38. The van der Waals surface area contributed by atoms with Crippen LogP contribution in [-0.2, 0) is 4.74 Å². The Balaban J connectivity index is 2.06. The minimum atomic E-state index is 0.487. The molecular formula is C9H17NO. The van der Waals surface area contributed by atoms with Gasteiger partial charge in [-0.2, -0.15) is 0 Å². The molecule has 2 atom stereocenters. The summed E-state index contributed by atoms with van der Waals surface area (Å²) in [5.74, 6) is 0. The zero-order valence-electron chi connectivity index (χ0n) is 7.47. The molecule has 0 bridgehead atoms. The first-order valence-electron chi connectivity index (χ1n) is 4.52. The van der Waals surface area contributed by atoms with Crippen molar-refractivity contribution in [1.82, 2.24) is 4.90 Å². The molecule has 0 radical (unpaired) electrons. The summed E-state index contributed by atoms with van der Waals surface area (Å²) in [4.78, 5) is 2.58. The quantitative estimate of drug-likeness (QED) is 0.565. The summed E-state index contributed by atoms with van der Waals surface area (Å²) in [6.45, 7) is 4.82. The van der Waals surface area contributed by atoms with Crippen LogP contribution in [-0.4, -0.2) is 36.7 Å². The van der Waals surface area contributed by atoms with E-state index >= 15 is 0 Å². The molecule has 0 amide bonds. The van der Waals surface area contributed by atoms with Crippen molar-refractivity contribution in [1.29, 1.82) is 0 Å². The molecule has 0 aromatic rings. The van der Waals surface area contributed by atoms with Gasteiger partial charge in [-0.3, -0.25) is 4.90 Å². The standard InChI is InChI=1S/C9H17NO/c1-9-4-3-5-10(9)7-8(6-9)11-2/h8H,3-7H2,1-2H3. The number of fused-ring (bicyclic) bond motifs is 1. The monoisotopic (exact) mass is 155 g/mol. The van der Waals surface area contributed by atoms with Gasteiger partial charge in [0, 0.05) is 19.2 Å². The maximum Gasteiger partial charge on any atom is 0.0715 e. The fourth-order valence-corrected chi connectivity index (χ4v) is 2.58. The average molecular weight is 155 g/mol. The Kier molecular flexibility index (Phi) is 1.69. The third kappa shape index (κ3) is 1.09. The summed E-state index contributed by atoms with van der Waals surface area (Å²) in [6.07, 6.45) is 4.49. The Morgan fingerprint density at radius 3 is 3.00 bits per heavy atom. The molecule has 2 saturated heterocycles.